The molecule has 2 rings (SSSR count). The van der Waals surface area contributed by atoms with Crippen LogP contribution in [0.2, 0.25) is 0 Å². The van der Waals surface area contributed by atoms with E-state index < -0.39 is 5.97 Å². The van der Waals surface area contributed by atoms with Crippen LogP contribution in [0.4, 0.5) is 0 Å². The van der Waals surface area contributed by atoms with E-state index >= 15 is 0 Å². The Bertz CT molecular complexity index is 358. The highest BCUT2D eigenvalue weighted by Gasteiger charge is 2.14. The minimum Gasteiger partial charge on any atom is -0.477 e. The van der Waals surface area contributed by atoms with E-state index in [1.165, 1.54) is 11.3 Å². The third kappa shape index (κ3) is 3.04. The van der Waals surface area contributed by atoms with Gasteiger partial charge in [0.15, 0.2) is 0 Å². The highest BCUT2D eigenvalue weighted by atomic mass is 32.1. The molecule has 0 bridgehead atoms. The Morgan fingerprint density at radius 1 is 1.62 bits per heavy atom. The summed E-state index contributed by atoms with van der Waals surface area (Å²) in [4.78, 5) is 12.1. The maximum Gasteiger partial charge on any atom is 0.345 e. The molecule has 4 nitrogen and oxygen atoms in total. The first kappa shape index (κ1) is 11.6. The third-order valence-corrected chi connectivity index (χ3v) is 3.64. The fourth-order valence-corrected chi connectivity index (χ4v) is 2.57. The zero-order valence-corrected chi connectivity index (χ0v) is 9.76. The summed E-state index contributed by atoms with van der Waals surface area (Å²) in [5.74, 6) is -0.852. The predicted molar refractivity (Wildman–Crippen MR) is 62.0 cm³/mol. The molecule has 5 heteroatoms. The minimum atomic E-state index is -0.852. The first-order valence-electron chi connectivity index (χ1n) is 5.40. The summed E-state index contributed by atoms with van der Waals surface area (Å²) < 4.78 is 5.48. The lowest BCUT2D eigenvalue weighted by molar-refractivity contribution is 0.0702. The summed E-state index contributed by atoms with van der Waals surface area (Å²) in [6.45, 7) is 2.44. The highest BCUT2D eigenvalue weighted by molar-refractivity contribution is 7.13. The molecule has 1 saturated heterocycles. The van der Waals surface area contributed by atoms with Gasteiger partial charge in [-0.05, 0) is 25.0 Å². The van der Waals surface area contributed by atoms with Crippen LogP contribution in [0.1, 0.15) is 27.4 Å². The van der Waals surface area contributed by atoms with E-state index in [1.54, 1.807) is 6.07 Å². The number of nitrogens with one attached hydrogen (secondary N) is 1. The van der Waals surface area contributed by atoms with Crippen molar-refractivity contribution < 1.29 is 14.6 Å². The molecule has 1 aromatic heterocycles. The van der Waals surface area contributed by atoms with Gasteiger partial charge in [0.1, 0.15) is 4.88 Å². The van der Waals surface area contributed by atoms with Crippen LogP contribution in [-0.4, -0.2) is 30.3 Å². The SMILES string of the molecule is O=C(O)c1ccc(CNCC2CCCO2)s1. The standard InChI is InChI=1S/C11H15NO3S/c13-11(14)10-4-3-9(16-10)7-12-6-8-2-1-5-15-8/h3-4,8,12H,1-2,5-7H2,(H,13,14). The van der Waals surface area contributed by atoms with E-state index in [-0.39, 0.29) is 0 Å². The Kier molecular flexibility index (Phi) is 3.93. The molecule has 1 fully saturated rings. The molecular weight excluding hydrogens is 226 g/mol. The van der Waals surface area contributed by atoms with Crippen molar-refractivity contribution >= 4 is 17.3 Å². The molecule has 0 radical (unpaired) electrons. The number of ether oxygens (including phenoxy) is 1. The van der Waals surface area contributed by atoms with Crippen molar-refractivity contribution in [2.75, 3.05) is 13.2 Å². The summed E-state index contributed by atoms with van der Waals surface area (Å²) in [6.07, 6.45) is 2.60. The number of thiophene rings is 1. The van der Waals surface area contributed by atoms with Gasteiger partial charge < -0.3 is 15.2 Å². The van der Waals surface area contributed by atoms with Gasteiger partial charge in [0.2, 0.25) is 0 Å². The molecule has 1 aliphatic heterocycles. The molecule has 88 valence electrons. The number of carbonyl (C=O) groups is 1. The van der Waals surface area contributed by atoms with Crippen molar-refractivity contribution in [3.8, 4) is 0 Å². The topological polar surface area (TPSA) is 58.6 Å². The van der Waals surface area contributed by atoms with Crippen LogP contribution < -0.4 is 5.32 Å². The zero-order valence-electron chi connectivity index (χ0n) is 8.94. The van der Waals surface area contributed by atoms with Gasteiger partial charge in [-0.25, -0.2) is 4.79 Å². The molecule has 1 aliphatic rings. The quantitative estimate of drug-likeness (QED) is 0.824. The third-order valence-electron chi connectivity index (χ3n) is 2.57. The second-order valence-electron chi connectivity index (χ2n) is 3.84. The molecule has 16 heavy (non-hydrogen) atoms. The van der Waals surface area contributed by atoms with Gasteiger partial charge in [-0.1, -0.05) is 0 Å². The van der Waals surface area contributed by atoms with Crippen molar-refractivity contribution in [3.05, 3.63) is 21.9 Å². The van der Waals surface area contributed by atoms with E-state index in [0.29, 0.717) is 11.0 Å². The van der Waals surface area contributed by atoms with Crippen LogP contribution in [0.15, 0.2) is 12.1 Å². The average molecular weight is 241 g/mol. The fourth-order valence-electron chi connectivity index (χ4n) is 1.75. The van der Waals surface area contributed by atoms with Crippen molar-refractivity contribution in [1.29, 1.82) is 0 Å². The molecule has 1 unspecified atom stereocenters. The molecule has 2 heterocycles. The summed E-state index contributed by atoms with van der Waals surface area (Å²) in [5, 5.41) is 12.1. The summed E-state index contributed by atoms with van der Waals surface area (Å²) in [6, 6.07) is 3.51. The summed E-state index contributed by atoms with van der Waals surface area (Å²) in [7, 11) is 0. The zero-order chi connectivity index (χ0) is 11.4. The van der Waals surface area contributed by atoms with E-state index in [1.807, 2.05) is 6.07 Å². The molecule has 0 amide bonds. The summed E-state index contributed by atoms with van der Waals surface area (Å²) in [5.41, 5.74) is 0. The van der Waals surface area contributed by atoms with Crippen molar-refractivity contribution in [2.24, 2.45) is 0 Å². The number of hydrogen-bond donors (Lipinski definition) is 2. The van der Waals surface area contributed by atoms with Crippen molar-refractivity contribution in [2.45, 2.75) is 25.5 Å². The lowest BCUT2D eigenvalue weighted by Crippen LogP contribution is -2.25. The Morgan fingerprint density at radius 3 is 3.12 bits per heavy atom. The van der Waals surface area contributed by atoms with Crippen LogP contribution in [-0.2, 0) is 11.3 Å². The number of carboxylic acid groups (broad SMARTS) is 1. The largest absolute Gasteiger partial charge is 0.477 e. The van der Waals surface area contributed by atoms with Crippen LogP contribution in [0.3, 0.4) is 0 Å². The average Bonchev–Trinajstić information content (AvgIpc) is 2.87. The molecule has 0 aliphatic carbocycles. The monoisotopic (exact) mass is 241 g/mol. The first-order chi connectivity index (χ1) is 7.75. The summed E-state index contributed by atoms with van der Waals surface area (Å²) >= 11 is 1.32. The highest BCUT2D eigenvalue weighted by Crippen LogP contribution is 2.16. The second-order valence-corrected chi connectivity index (χ2v) is 5.01. The van der Waals surface area contributed by atoms with Crippen molar-refractivity contribution in [1.82, 2.24) is 5.32 Å². The normalized spacial score (nSPS) is 20.1. The van der Waals surface area contributed by atoms with Crippen LogP contribution in [0, 0.1) is 0 Å². The molecule has 0 aromatic carbocycles. The molecule has 0 spiro atoms. The smallest absolute Gasteiger partial charge is 0.345 e. The van der Waals surface area contributed by atoms with Gasteiger partial charge in [0.25, 0.3) is 0 Å². The predicted octanol–water partition coefficient (Wildman–Crippen LogP) is 1.71. The molecule has 1 aromatic rings. The Labute approximate surface area is 98.2 Å². The fraction of sp³-hybridized carbons (Fsp3) is 0.545. The maximum absolute atomic E-state index is 10.7. The van der Waals surface area contributed by atoms with Gasteiger partial charge in [-0.2, -0.15) is 0 Å². The first-order valence-corrected chi connectivity index (χ1v) is 6.21. The lowest BCUT2D eigenvalue weighted by atomic mass is 10.2. The van der Waals surface area contributed by atoms with E-state index in [2.05, 4.69) is 5.32 Å². The van der Waals surface area contributed by atoms with Gasteiger partial charge in [0, 0.05) is 24.6 Å². The Hall–Kier alpha value is -0.910. The van der Waals surface area contributed by atoms with Gasteiger partial charge in [-0.3, -0.25) is 0 Å². The van der Waals surface area contributed by atoms with Crippen LogP contribution in [0.25, 0.3) is 0 Å². The van der Waals surface area contributed by atoms with E-state index in [0.717, 1.165) is 37.4 Å². The van der Waals surface area contributed by atoms with Gasteiger partial charge in [-0.15, -0.1) is 11.3 Å². The Morgan fingerprint density at radius 2 is 2.50 bits per heavy atom. The van der Waals surface area contributed by atoms with Crippen LogP contribution in [0.5, 0.6) is 0 Å². The molecular formula is C11H15NO3S. The maximum atomic E-state index is 10.7. The number of rotatable bonds is 5. The van der Waals surface area contributed by atoms with E-state index in [9.17, 15) is 4.79 Å². The Balaban J connectivity index is 1.74. The second kappa shape index (κ2) is 5.43. The number of hydrogen-bond acceptors (Lipinski definition) is 4. The van der Waals surface area contributed by atoms with Gasteiger partial charge in [0.05, 0.1) is 6.10 Å². The van der Waals surface area contributed by atoms with E-state index in [4.69, 9.17) is 9.84 Å². The van der Waals surface area contributed by atoms with Crippen LogP contribution >= 0.6 is 11.3 Å². The number of aromatic carboxylic acids is 1. The minimum absolute atomic E-state index is 0.332. The molecule has 0 saturated carbocycles. The number of carboxylic acids is 1. The van der Waals surface area contributed by atoms with Crippen molar-refractivity contribution in [3.63, 3.8) is 0 Å². The molecule has 2 N–H and O–H groups in total. The lowest BCUT2D eigenvalue weighted by Gasteiger charge is -2.09. The molecule has 1 atom stereocenters. The van der Waals surface area contributed by atoms with Gasteiger partial charge >= 0.3 is 5.97 Å².